The molecule has 0 radical (unpaired) electrons. The van der Waals surface area contributed by atoms with E-state index in [0.29, 0.717) is 39.7 Å². The van der Waals surface area contributed by atoms with Crippen molar-refractivity contribution in [1.29, 1.82) is 0 Å². The zero-order valence-electron chi connectivity index (χ0n) is 16.8. The molecule has 2 aromatic heterocycles. The molecule has 0 bridgehead atoms. The predicted octanol–water partition coefficient (Wildman–Crippen LogP) is 5.77. The minimum Gasteiger partial charge on any atom is -0.481 e. The molecule has 0 atom stereocenters. The van der Waals surface area contributed by atoms with Crippen molar-refractivity contribution in [2.45, 2.75) is 20.0 Å². The number of methoxy groups -OCH3 is 1. The maximum Gasteiger partial charge on any atom is 0.417 e. The lowest BCUT2D eigenvalue weighted by Crippen LogP contribution is -2.18. The van der Waals surface area contributed by atoms with Crippen LogP contribution in [0.4, 0.5) is 30.4 Å². The average molecular weight is 451 g/mol. The smallest absolute Gasteiger partial charge is 0.417 e. The van der Waals surface area contributed by atoms with Gasteiger partial charge in [-0.05, 0) is 43.7 Å². The zero-order valence-corrected chi connectivity index (χ0v) is 17.5. The van der Waals surface area contributed by atoms with E-state index in [1.165, 1.54) is 13.2 Å². The van der Waals surface area contributed by atoms with Gasteiger partial charge in [-0.1, -0.05) is 17.7 Å². The summed E-state index contributed by atoms with van der Waals surface area (Å²) in [6.45, 7) is 3.37. The second kappa shape index (κ2) is 8.81. The Balaban J connectivity index is 2.01. The van der Waals surface area contributed by atoms with Crippen LogP contribution >= 0.6 is 11.6 Å². The van der Waals surface area contributed by atoms with Gasteiger partial charge in [-0.15, -0.1) is 0 Å². The number of benzene rings is 1. The number of carbonyl (C=O) groups is 1. The van der Waals surface area contributed by atoms with Gasteiger partial charge in [0.15, 0.2) is 0 Å². The first kappa shape index (κ1) is 22.4. The number of pyridine rings is 2. The number of ether oxygens (including phenoxy) is 1. The van der Waals surface area contributed by atoms with Gasteiger partial charge in [0, 0.05) is 23.0 Å². The van der Waals surface area contributed by atoms with E-state index in [1.807, 2.05) is 0 Å². The highest BCUT2D eigenvalue weighted by Crippen LogP contribution is 2.33. The van der Waals surface area contributed by atoms with Gasteiger partial charge in [0.2, 0.25) is 5.88 Å². The molecule has 0 fully saturated rings. The van der Waals surface area contributed by atoms with Crippen molar-refractivity contribution in [3.63, 3.8) is 0 Å². The first-order chi connectivity index (χ1) is 14.6. The number of nitrogens with one attached hydrogen (secondary N) is 2. The van der Waals surface area contributed by atoms with Crippen molar-refractivity contribution in [3.05, 3.63) is 70.0 Å². The van der Waals surface area contributed by atoms with Crippen molar-refractivity contribution in [2.75, 3.05) is 17.7 Å². The van der Waals surface area contributed by atoms with E-state index in [2.05, 4.69) is 20.6 Å². The molecule has 10 heteroatoms. The number of anilines is 3. The van der Waals surface area contributed by atoms with Gasteiger partial charge in [-0.2, -0.15) is 13.2 Å². The molecule has 0 aliphatic carbocycles. The number of carbonyl (C=O) groups excluding carboxylic acids is 1. The number of aryl methyl sites for hydroxylation is 1. The third kappa shape index (κ3) is 5.05. The summed E-state index contributed by atoms with van der Waals surface area (Å²) in [5, 5.41) is 5.94. The molecule has 1 amide bonds. The average Bonchev–Trinajstić information content (AvgIpc) is 2.72. The van der Waals surface area contributed by atoms with Crippen LogP contribution in [0.1, 0.15) is 27.2 Å². The fourth-order valence-corrected chi connectivity index (χ4v) is 2.91. The number of hydrogen-bond donors (Lipinski definition) is 2. The maximum absolute atomic E-state index is 13.2. The summed E-state index contributed by atoms with van der Waals surface area (Å²) in [5.74, 6) is -0.485. The summed E-state index contributed by atoms with van der Waals surface area (Å²) >= 11 is 6.11. The number of alkyl halides is 3. The van der Waals surface area contributed by atoms with Crippen molar-refractivity contribution >= 4 is 34.7 Å². The second-order valence-corrected chi connectivity index (χ2v) is 7.00. The third-order valence-corrected chi connectivity index (χ3v) is 4.91. The van der Waals surface area contributed by atoms with Gasteiger partial charge in [0.25, 0.3) is 5.91 Å². The molecule has 3 aromatic rings. The van der Waals surface area contributed by atoms with Crippen LogP contribution in [0, 0.1) is 13.8 Å². The highest BCUT2D eigenvalue weighted by Gasteiger charge is 2.32. The Hall–Kier alpha value is -3.33. The van der Waals surface area contributed by atoms with E-state index in [-0.39, 0.29) is 11.4 Å². The standard InChI is InChI=1S/C21H18ClF3N4O2/c1-11-15(22)5-4-6-16(11)28-19-14(9-13(10-26-19)21(23,24)25)20(30)29-17-7-8-18(31-3)27-12(17)2/h4-10H,1-3H3,(H,26,28)(H,29,30). The van der Waals surface area contributed by atoms with E-state index in [1.54, 1.807) is 38.1 Å². The Labute approximate surface area is 181 Å². The van der Waals surface area contributed by atoms with Crippen molar-refractivity contribution < 1.29 is 22.7 Å². The molecule has 31 heavy (non-hydrogen) atoms. The fraction of sp³-hybridized carbons (Fsp3) is 0.190. The van der Waals surface area contributed by atoms with Crippen LogP contribution in [0.2, 0.25) is 5.02 Å². The van der Waals surface area contributed by atoms with Gasteiger partial charge >= 0.3 is 6.18 Å². The summed E-state index contributed by atoms with van der Waals surface area (Å²) in [5.41, 5.74) is 0.601. The molecular weight excluding hydrogens is 433 g/mol. The van der Waals surface area contributed by atoms with Crippen LogP contribution in [-0.4, -0.2) is 23.0 Å². The number of halogens is 4. The topological polar surface area (TPSA) is 76.1 Å². The lowest BCUT2D eigenvalue weighted by molar-refractivity contribution is -0.137. The monoisotopic (exact) mass is 450 g/mol. The minimum atomic E-state index is -4.66. The maximum atomic E-state index is 13.2. The normalized spacial score (nSPS) is 11.2. The lowest BCUT2D eigenvalue weighted by atomic mass is 10.1. The molecular formula is C21H18ClF3N4O2. The molecule has 0 aliphatic heterocycles. The number of nitrogens with zero attached hydrogens (tertiary/aromatic N) is 2. The molecule has 0 unspecified atom stereocenters. The summed E-state index contributed by atoms with van der Waals surface area (Å²) in [6, 6.07) is 8.86. The zero-order chi connectivity index (χ0) is 22.8. The van der Waals surface area contributed by atoms with Gasteiger partial charge in [0.1, 0.15) is 5.82 Å². The van der Waals surface area contributed by atoms with Crippen molar-refractivity contribution in [2.24, 2.45) is 0 Å². The molecule has 162 valence electrons. The van der Waals surface area contributed by atoms with E-state index < -0.39 is 17.6 Å². The second-order valence-electron chi connectivity index (χ2n) is 6.60. The van der Waals surface area contributed by atoms with E-state index in [0.717, 1.165) is 6.07 Å². The van der Waals surface area contributed by atoms with E-state index >= 15 is 0 Å². The Morgan fingerprint density at radius 2 is 1.87 bits per heavy atom. The lowest BCUT2D eigenvalue weighted by Gasteiger charge is -2.16. The van der Waals surface area contributed by atoms with E-state index in [9.17, 15) is 18.0 Å². The third-order valence-electron chi connectivity index (χ3n) is 4.50. The minimum absolute atomic E-state index is 0.0463. The Morgan fingerprint density at radius 3 is 2.52 bits per heavy atom. The van der Waals surface area contributed by atoms with Crippen molar-refractivity contribution in [3.8, 4) is 5.88 Å². The van der Waals surface area contributed by atoms with Crippen LogP contribution in [0.3, 0.4) is 0 Å². The summed E-state index contributed by atoms with van der Waals surface area (Å²) < 4.78 is 44.8. The molecule has 0 aliphatic rings. The van der Waals surface area contributed by atoms with Gasteiger partial charge in [-0.25, -0.2) is 9.97 Å². The highest BCUT2D eigenvalue weighted by molar-refractivity contribution is 6.31. The number of rotatable bonds is 5. The quantitative estimate of drug-likeness (QED) is 0.516. The van der Waals surface area contributed by atoms with Crippen LogP contribution in [0.25, 0.3) is 0 Å². The Bertz CT molecular complexity index is 1140. The first-order valence-corrected chi connectivity index (χ1v) is 9.40. The summed E-state index contributed by atoms with van der Waals surface area (Å²) in [4.78, 5) is 20.9. The highest BCUT2D eigenvalue weighted by atomic mass is 35.5. The number of amides is 1. The fourth-order valence-electron chi connectivity index (χ4n) is 2.74. The molecule has 6 nitrogen and oxygen atoms in total. The number of aromatic nitrogens is 2. The van der Waals surface area contributed by atoms with Crippen molar-refractivity contribution in [1.82, 2.24) is 9.97 Å². The van der Waals surface area contributed by atoms with Crippen LogP contribution in [-0.2, 0) is 6.18 Å². The molecule has 2 N–H and O–H groups in total. The summed E-state index contributed by atoms with van der Waals surface area (Å²) in [6.07, 6.45) is -4.00. The molecule has 0 saturated carbocycles. The first-order valence-electron chi connectivity index (χ1n) is 9.02. The molecule has 0 spiro atoms. The SMILES string of the molecule is COc1ccc(NC(=O)c2cc(C(F)(F)F)cnc2Nc2cccc(Cl)c2C)c(C)n1. The van der Waals surface area contributed by atoms with Crippen LogP contribution in [0.15, 0.2) is 42.6 Å². The molecule has 3 rings (SSSR count). The van der Waals surface area contributed by atoms with E-state index in [4.69, 9.17) is 16.3 Å². The number of hydrogen-bond acceptors (Lipinski definition) is 5. The predicted molar refractivity (Wildman–Crippen MR) is 112 cm³/mol. The summed E-state index contributed by atoms with van der Waals surface area (Å²) in [7, 11) is 1.45. The van der Waals surface area contributed by atoms with Gasteiger partial charge < -0.3 is 15.4 Å². The van der Waals surface area contributed by atoms with Crippen LogP contribution < -0.4 is 15.4 Å². The largest absolute Gasteiger partial charge is 0.481 e. The van der Waals surface area contributed by atoms with Gasteiger partial charge in [0.05, 0.1) is 29.6 Å². The van der Waals surface area contributed by atoms with Gasteiger partial charge in [-0.3, -0.25) is 4.79 Å². The van der Waals surface area contributed by atoms with Crippen LogP contribution in [0.5, 0.6) is 5.88 Å². The molecule has 0 saturated heterocycles. The molecule has 2 heterocycles. The molecule has 1 aromatic carbocycles. The Morgan fingerprint density at radius 1 is 1.13 bits per heavy atom. The Kier molecular flexibility index (Phi) is 6.35.